The van der Waals surface area contributed by atoms with Crippen molar-refractivity contribution in [2.75, 3.05) is 33.8 Å². The van der Waals surface area contributed by atoms with Crippen LogP contribution in [0.2, 0.25) is 0 Å². The molecule has 2 atom stereocenters. The van der Waals surface area contributed by atoms with Crippen LogP contribution in [-0.2, 0) is 4.74 Å². The Kier molecular flexibility index (Phi) is 5.45. The Morgan fingerprint density at radius 2 is 2.29 bits per heavy atom. The van der Waals surface area contributed by atoms with Gasteiger partial charge in [0.15, 0.2) is 0 Å². The van der Waals surface area contributed by atoms with Crippen LogP contribution >= 0.6 is 0 Å². The molecule has 0 aliphatic carbocycles. The Bertz CT molecular complexity index is 140. The smallest absolute Gasteiger partial charge is 0.0588 e. The van der Waals surface area contributed by atoms with Crippen molar-refractivity contribution >= 4 is 0 Å². The minimum atomic E-state index is 0.525. The lowest BCUT2D eigenvalue weighted by atomic mass is 10.2. The summed E-state index contributed by atoms with van der Waals surface area (Å²) in [6, 6.07) is 0.611. The summed E-state index contributed by atoms with van der Waals surface area (Å²) < 4.78 is 5.56. The summed E-state index contributed by atoms with van der Waals surface area (Å²) in [5.74, 6) is 0. The van der Waals surface area contributed by atoms with Crippen molar-refractivity contribution < 1.29 is 4.74 Å². The summed E-state index contributed by atoms with van der Waals surface area (Å²) in [6.07, 6.45) is 4.20. The van der Waals surface area contributed by atoms with Gasteiger partial charge in [0.05, 0.1) is 6.10 Å². The van der Waals surface area contributed by atoms with E-state index < -0.39 is 0 Å². The molecular weight excluding hydrogens is 176 g/mol. The number of hydrogen-bond acceptors (Lipinski definition) is 3. The molecule has 1 heterocycles. The molecule has 1 fully saturated rings. The minimum Gasteiger partial charge on any atom is -0.378 e. The van der Waals surface area contributed by atoms with Crippen LogP contribution in [0, 0.1) is 0 Å². The second-order valence-corrected chi connectivity index (χ2v) is 4.44. The zero-order valence-corrected chi connectivity index (χ0v) is 9.75. The summed E-state index contributed by atoms with van der Waals surface area (Å²) in [5.41, 5.74) is 0. The van der Waals surface area contributed by atoms with Crippen LogP contribution in [0.1, 0.15) is 26.2 Å². The molecule has 0 saturated carbocycles. The van der Waals surface area contributed by atoms with Gasteiger partial charge in [-0.1, -0.05) is 0 Å². The van der Waals surface area contributed by atoms with E-state index in [0.29, 0.717) is 12.1 Å². The van der Waals surface area contributed by atoms with Gasteiger partial charge >= 0.3 is 0 Å². The fourth-order valence-corrected chi connectivity index (χ4v) is 1.63. The molecule has 0 aromatic carbocycles. The molecule has 0 spiro atoms. The highest BCUT2D eigenvalue weighted by Gasteiger charge is 2.14. The van der Waals surface area contributed by atoms with Crippen LogP contribution < -0.4 is 5.32 Å². The zero-order valence-electron chi connectivity index (χ0n) is 9.75. The third kappa shape index (κ3) is 4.40. The number of nitrogens with one attached hydrogen (secondary N) is 1. The van der Waals surface area contributed by atoms with E-state index in [9.17, 15) is 0 Å². The Labute approximate surface area is 87.8 Å². The lowest BCUT2D eigenvalue weighted by molar-refractivity contribution is 0.104. The number of ether oxygens (including phenoxy) is 1. The highest BCUT2D eigenvalue weighted by atomic mass is 16.5. The van der Waals surface area contributed by atoms with E-state index in [0.717, 1.165) is 19.7 Å². The van der Waals surface area contributed by atoms with Gasteiger partial charge in [-0.2, -0.15) is 0 Å². The first-order valence-electron chi connectivity index (χ1n) is 5.69. The van der Waals surface area contributed by atoms with Gasteiger partial charge in [-0.3, -0.25) is 0 Å². The van der Waals surface area contributed by atoms with Crippen molar-refractivity contribution in [1.29, 1.82) is 0 Å². The quantitative estimate of drug-likeness (QED) is 0.650. The molecular formula is C11H24N2O. The molecule has 2 unspecified atom stereocenters. The number of hydrogen-bond donors (Lipinski definition) is 1. The van der Waals surface area contributed by atoms with Gasteiger partial charge in [0, 0.05) is 19.2 Å². The van der Waals surface area contributed by atoms with E-state index in [1.807, 2.05) is 0 Å². The first kappa shape index (κ1) is 12.0. The monoisotopic (exact) mass is 200 g/mol. The minimum absolute atomic E-state index is 0.525. The van der Waals surface area contributed by atoms with E-state index >= 15 is 0 Å². The van der Waals surface area contributed by atoms with Crippen molar-refractivity contribution in [3.8, 4) is 0 Å². The molecule has 1 aliphatic rings. The number of nitrogens with zero attached hydrogens (tertiary/aromatic N) is 1. The SMILES string of the molecule is CC(CNCCC1CCCO1)N(C)C. The molecule has 0 amide bonds. The highest BCUT2D eigenvalue weighted by Crippen LogP contribution is 2.14. The van der Waals surface area contributed by atoms with E-state index in [1.54, 1.807) is 0 Å². The van der Waals surface area contributed by atoms with Gasteiger partial charge < -0.3 is 15.0 Å². The van der Waals surface area contributed by atoms with Crippen molar-refractivity contribution in [1.82, 2.24) is 10.2 Å². The summed E-state index contributed by atoms with van der Waals surface area (Å²) in [7, 11) is 4.23. The maximum atomic E-state index is 5.56. The average Bonchev–Trinajstić information content (AvgIpc) is 2.64. The number of likely N-dealkylation sites (N-methyl/N-ethyl adjacent to an activating group) is 1. The second kappa shape index (κ2) is 6.38. The standard InChI is InChI=1S/C11H24N2O/c1-10(13(2)3)9-12-7-6-11-5-4-8-14-11/h10-12H,4-9H2,1-3H3. The normalized spacial score (nSPS) is 24.4. The summed E-state index contributed by atoms with van der Waals surface area (Å²) >= 11 is 0. The van der Waals surface area contributed by atoms with Crippen LogP contribution in [0.5, 0.6) is 0 Å². The van der Waals surface area contributed by atoms with Gasteiger partial charge in [0.1, 0.15) is 0 Å². The van der Waals surface area contributed by atoms with Gasteiger partial charge in [0.2, 0.25) is 0 Å². The third-order valence-corrected chi connectivity index (χ3v) is 2.99. The van der Waals surface area contributed by atoms with Crippen molar-refractivity contribution in [3.63, 3.8) is 0 Å². The zero-order chi connectivity index (χ0) is 10.4. The summed E-state index contributed by atoms with van der Waals surface area (Å²) in [4.78, 5) is 2.24. The molecule has 14 heavy (non-hydrogen) atoms. The first-order valence-corrected chi connectivity index (χ1v) is 5.69. The van der Waals surface area contributed by atoms with Gasteiger partial charge in [-0.15, -0.1) is 0 Å². The summed E-state index contributed by atoms with van der Waals surface area (Å²) in [5, 5.41) is 3.47. The van der Waals surface area contributed by atoms with E-state index in [1.165, 1.54) is 19.3 Å². The van der Waals surface area contributed by atoms with Crippen LogP contribution in [0.25, 0.3) is 0 Å². The predicted molar refractivity (Wildman–Crippen MR) is 59.6 cm³/mol. The molecule has 3 nitrogen and oxygen atoms in total. The molecule has 0 aromatic heterocycles. The molecule has 1 N–H and O–H groups in total. The van der Waals surface area contributed by atoms with Crippen LogP contribution in [-0.4, -0.2) is 50.8 Å². The molecule has 0 bridgehead atoms. The fraction of sp³-hybridized carbons (Fsp3) is 1.00. The average molecular weight is 200 g/mol. The lowest BCUT2D eigenvalue weighted by Gasteiger charge is -2.20. The fourth-order valence-electron chi connectivity index (χ4n) is 1.63. The maximum absolute atomic E-state index is 5.56. The second-order valence-electron chi connectivity index (χ2n) is 4.44. The van der Waals surface area contributed by atoms with Crippen molar-refractivity contribution in [2.24, 2.45) is 0 Å². The first-order chi connectivity index (χ1) is 6.70. The molecule has 1 aliphatic heterocycles. The highest BCUT2D eigenvalue weighted by molar-refractivity contribution is 4.68. The Morgan fingerprint density at radius 3 is 2.86 bits per heavy atom. The molecule has 3 heteroatoms. The Hall–Kier alpha value is -0.120. The van der Waals surface area contributed by atoms with Gasteiger partial charge in [-0.25, -0.2) is 0 Å². The van der Waals surface area contributed by atoms with Crippen LogP contribution in [0.4, 0.5) is 0 Å². The predicted octanol–water partition coefficient (Wildman–Crippen LogP) is 1.10. The third-order valence-electron chi connectivity index (χ3n) is 2.99. The van der Waals surface area contributed by atoms with E-state index in [-0.39, 0.29) is 0 Å². The van der Waals surface area contributed by atoms with Crippen molar-refractivity contribution in [3.05, 3.63) is 0 Å². The van der Waals surface area contributed by atoms with Gasteiger partial charge in [0.25, 0.3) is 0 Å². The maximum Gasteiger partial charge on any atom is 0.0588 e. The largest absolute Gasteiger partial charge is 0.378 e. The Morgan fingerprint density at radius 1 is 1.50 bits per heavy atom. The van der Waals surface area contributed by atoms with Crippen LogP contribution in [0.15, 0.2) is 0 Å². The van der Waals surface area contributed by atoms with E-state index in [2.05, 4.69) is 31.2 Å². The molecule has 1 saturated heterocycles. The van der Waals surface area contributed by atoms with Crippen LogP contribution in [0.3, 0.4) is 0 Å². The molecule has 0 aromatic rings. The molecule has 84 valence electrons. The molecule has 1 rings (SSSR count). The molecule has 0 radical (unpaired) electrons. The number of rotatable bonds is 6. The topological polar surface area (TPSA) is 24.5 Å². The Balaban J connectivity index is 1.93. The summed E-state index contributed by atoms with van der Waals surface area (Å²) in [6.45, 7) is 5.36. The van der Waals surface area contributed by atoms with E-state index in [4.69, 9.17) is 4.74 Å². The lowest BCUT2D eigenvalue weighted by Crippen LogP contribution is -2.36. The van der Waals surface area contributed by atoms with Crippen molar-refractivity contribution in [2.45, 2.75) is 38.3 Å². The van der Waals surface area contributed by atoms with Gasteiger partial charge in [-0.05, 0) is 46.8 Å².